The zero-order valence-corrected chi connectivity index (χ0v) is 13.1. The van der Waals surface area contributed by atoms with E-state index >= 15 is 0 Å². The SMILES string of the molecule is N#Cc1ccc([C@H]2CC(=O)c3ccc4[nH]c(C(F)(F)F)nc4c3O2)cc1. The number of aromatic amines is 1. The first-order chi connectivity index (χ1) is 12.4. The first-order valence-corrected chi connectivity index (χ1v) is 7.66. The lowest BCUT2D eigenvalue weighted by molar-refractivity contribution is -0.144. The Kier molecular flexibility index (Phi) is 3.47. The van der Waals surface area contributed by atoms with Gasteiger partial charge in [0.2, 0.25) is 5.82 Å². The molecule has 0 fully saturated rings. The number of alkyl halides is 3. The summed E-state index contributed by atoms with van der Waals surface area (Å²) >= 11 is 0. The average molecular weight is 357 g/mol. The third-order valence-corrected chi connectivity index (χ3v) is 4.22. The van der Waals surface area contributed by atoms with Crippen LogP contribution in [0, 0.1) is 11.3 Å². The molecular formula is C18H10F3N3O2. The van der Waals surface area contributed by atoms with Crippen molar-refractivity contribution in [3.05, 3.63) is 58.9 Å². The summed E-state index contributed by atoms with van der Waals surface area (Å²) in [6.07, 6.45) is -5.22. The van der Waals surface area contributed by atoms with Crippen molar-refractivity contribution in [1.29, 1.82) is 5.26 Å². The lowest BCUT2D eigenvalue weighted by Gasteiger charge is -2.25. The van der Waals surface area contributed by atoms with Crippen LogP contribution in [0.3, 0.4) is 0 Å². The van der Waals surface area contributed by atoms with Crippen LogP contribution in [0.5, 0.6) is 5.75 Å². The second kappa shape index (κ2) is 5.59. The Bertz CT molecular complexity index is 1060. The van der Waals surface area contributed by atoms with Crippen molar-refractivity contribution in [2.24, 2.45) is 0 Å². The van der Waals surface area contributed by atoms with Gasteiger partial charge in [-0.2, -0.15) is 18.4 Å². The van der Waals surface area contributed by atoms with E-state index in [1.807, 2.05) is 6.07 Å². The number of hydrogen-bond acceptors (Lipinski definition) is 4. The van der Waals surface area contributed by atoms with E-state index in [0.29, 0.717) is 11.1 Å². The number of aromatic nitrogens is 2. The molecule has 0 unspecified atom stereocenters. The van der Waals surface area contributed by atoms with Gasteiger partial charge in [-0.25, -0.2) is 4.98 Å². The summed E-state index contributed by atoms with van der Waals surface area (Å²) < 4.78 is 44.6. The van der Waals surface area contributed by atoms with Gasteiger partial charge < -0.3 is 9.72 Å². The van der Waals surface area contributed by atoms with Gasteiger partial charge in [0.25, 0.3) is 0 Å². The molecule has 0 radical (unpaired) electrons. The summed E-state index contributed by atoms with van der Waals surface area (Å²) in [5.41, 5.74) is 1.45. The molecule has 0 spiro atoms. The van der Waals surface area contributed by atoms with Gasteiger partial charge in [0.1, 0.15) is 11.6 Å². The van der Waals surface area contributed by atoms with Crippen LogP contribution in [0.25, 0.3) is 11.0 Å². The number of nitriles is 1. The average Bonchev–Trinajstić information content (AvgIpc) is 3.07. The molecule has 0 amide bonds. The van der Waals surface area contributed by atoms with Gasteiger partial charge in [0.05, 0.1) is 29.1 Å². The number of imidazole rings is 1. The maximum atomic E-state index is 12.9. The zero-order valence-electron chi connectivity index (χ0n) is 13.1. The van der Waals surface area contributed by atoms with Gasteiger partial charge in [-0.1, -0.05) is 12.1 Å². The van der Waals surface area contributed by atoms with Crippen molar-refractivity contribution < 1.29 is 22.7 Å². The van der Waals surface area contributed by atoms with E-state index in [1.165, 1.54) is 12.1 Å². The number of halogens is 3. The van der Waals surface area contributed by atoms with Crippen LogP contribution >= 0.6 is 0 Å². The minimum atomic E-state index is -4.63. The number of Topliss-reactive ketones (excluding diaryl/α,β-unsaturated/α-hetero) is 1. The van der Waals surface area contributed by atoms with Crippen LogP contribution in [0.2, 0.25) is 0 Å². The van der Waals surface area contributed by atoms with Crippen molar-refractivity contribution in [2.75, 3.05) is 0 Å². The fraction of sp³-hybridized carbons (Fsp3) is 0.167. The molecule has 5 nitrogen and oxygen atoms in total. The van der Waals surface area contributed by atoms with Gasteiger partial charge in [-0.15, -0.1) is 0 Å². The largest absolute Gasteiger partial charge is 0.482 e. The molecule has 130 valence electrons. The second-order valence-electron chi connectivity index (χ2n) is 5.89. The standard InChI is InChI=1S/C18H10F3N3O2/c19-18(20,21)17-23-12-6-5-11-13(25)7-14(26-16(11)15(12)24-17)10-3-1-9(8-22)2-4-10/h1-6,14H,7H2,(H,23,24)/t14-/m1/s1. The Morgan fingerprint density at radius 3 is 2.58 bits per heavy atom. The highest BCUT2D eigenvalue weighted by Crippen LogP contribution is 2.40. The van der Waals surface area contributed by atoms with Gasteiger partial charge in [-0.05, 0) is 29.8 Å². The molecule has 1 aliphatic heterocycles. The predicted molar refractivity (Wildman–Crippen MR) is 84.6 cm³/mol. The first kappa shape index (κ1) is 16.1. The fourth-order valence-corrected chi connectivity index (χ4v) is 2.94. The smallest absolute Gasteiger partial charge is 0.449 e. The molecule has 2 heterocycles. The highest BCUT2D eigenvalue weighted by molar-refractivity contribution is 6.04. The van der Waals surface area contributed by atoms with Gasteiger partial charge in [0.15, 0.2) is 11.5 Å². The van der Waals surface area contributed by atoms with Crippen molar-refractivity contribution in [3.63, 3.8) is 0 Å². The number of benzene rings is 2. The molecule has 2 aromatic carbocycles. The number of nitrogens with one attached hydrogen (secondary N) is 1. The normalized spacial score (nSPS) is 16.8. The van der Waals surface area contributed by atoms with Crippen LogP contribution in [0.4, 0.5) is 13.2 Å². The van der Waals surface area contributed by atoms with Crippen LogP contribution < -0.4 is 4.74 Å². The number of H-pyrrole nitrogens is 1. The Hall–Kier alpha value is -3.34. The van der Waals surface area contributed by atoms with E-state index in [9.17, 15) is 18.0 Å². The highest BCUT2D eigenvalue weighted by atomic mass is 19.4. The second-order valence-corrected chi connectivity index (χ2v) is 5.89. The molecule has 0 aliphatic carbocycles. The van der Waals surface area contributed by atoms with Gasteiger partial charge in [0, 0.05) is 0 Å². The fourth-order valence-electron chi connectivity index (χ4n) is 2.94. The molecule has 4 rings (SSSR count). The topological polar surface area (TPSA) is 78.8 Å². The zero-order chi connectivity index (χ0) is 18.5. The number of ether oxygens (including phenoxy) is 1. The van der Waals surface area contributed by atoms with E-state index in [0.717, 1.165) is 0 Å². The van der Waals surface area contributed by atoms with Crippen LogP contribution in [-0.2, 0) is 6.18 Å². The van der Waals surface area contributed by atoms with Gasteiger partial charge >= 0.3 is 6.18 Å². The van der Waals surface area contributed by atoms with Crippen molar-refractivity contribution in [1.82, 2.24) is 9.97 Å². The molecule has 8 heteroatoms. The molecular weight excluding hydrogens is 347 g/mol. The van der Waals surface area contributed by atoms with Crippen LogP contribution in [0.15, 0.2) is 36.4 Å². The Morgan fingerprint density at radius 1 is 1.19 bits per heavy atom. The van der Waals surface area contributed by atoms with Crippen molar-refractivity contribution in [3.8, 4) is 11.8 Å². The van der Waals surface area contributed by atoms with Crippen LogP contribution in [-0.4, -0.2) is 15.8 Å². The third-order valence-electron chi connectivity index (χ3n) is 4.22. The van der Waals surface area contributed by atoms with Gasteiger partial charge in [-0.3, -0.25) is 4.79 Å². The number of hydrogen-bond donors (Lipinski definition) is 1. The number of ketones is 1. The molecule has 0 bridgehead atoms. The summed E-state index contributed by atoms with van der Waals surface area (Å²) in [6, 6.07) is 11.3. The monoisotopic (exact) mass is 357 g/mol. The molecule has 1 atom stereocenters. The summed E-state index contributed by atoms with van der Waals surface area (Å²) in [7, 11) is 0. The molecule has 1 aromatic heterocycles. The number of carbonyl (C=O) groups excluding carboxylic acids is 1. The maximum absolute atomic E-state index is 12.9. The molecule has 1 N–H and O–H groups in total. The number of nitrogens with zero attached hydrogens (tertiary/aromatic N) is 2. The summed E-state index contributed by atoms with van der Waals surface area (Å²) in [6.45, 7) is 0. The third kappa shape index (κ3) is 2.58. The summed E-state index contributed by atoms with van der Waals surface area (Å²) in [4.78, 5) is 18.2. The Labute approximate surface area is 145 Å². The minimum Gasteiger partial charge on any atom is -0.482 e. The van der Waals surface area contributed by atoms with E-state index < -0.39 is 18.1 Å². The van der Waals surface area contributed by atoms with E-state index in [1.54, 1.807) is 24.3 Å². The molecule has 1 aliphatic rings. The first-order valence-electron chi connectivity index (χ1n) is 7.66. The lowest BCUT2D eigenvalue weighted by Crippen LogP contribution is -2.20. The molecule has 0 saturated heterocycles. The van der Waals surface area contributed by atoms with Crippen molar-refractivity contribution in [2.45, 2.75) is 18.7 Å². The summed E-state index contributed by atoms with van der Waals surface area (Å²) in [5.74, 6) is -1.34. The van der Waals surface area contributed by atoms with E-state index in [2.05, 4.69) is 9.97 Å². The number of rotatable bonds is 1. The van der Waals surface area contributed by atoms with Crippen molar-refractivity contribution >= 4 is 16.8 Å². The van der Waals surface area contributed by atoms with E-state index in [4.69, 9.17) is 10.00 Å². The van der Waals surface area contributed by atoms with E-state index in [-0.39, 0.29) is 34.6 Å². The molecule has 26 heavy (non-hydrogen) atoms. The predicted octanol–water partition coefficient (Wildman–Crippen LogP) is 4.16. The molecule has 0 saturated carbocycles. The number of fused-ring (bicyclic) bond motifs is 3. The summed E-state index contributed by atoms with van der Waals surface area (Å²) in [5, 5.41) is 8.86. The molecule has 3 aromatic rings. The lowest BCUT2D eigenvalue weighted by atomic mass is 9.95. The maximum Gasteiger partial charge on any atom is 0.449 e. The highest BCUT2D eigenvalue weighted by Gasteiger charge is 2.37. The quantitative estimate of drug-likeness (QED) is 0.709. The van der Waals surface area contributed by atoms with Crippen LogP contribution in [0.1, 0.15) is 39.8 Å². The minimum absolute atomic E-state index is 0.0264. The Balaban J connectivity index is 1.79. The number of carbonyl (C=O) groups is 1. The Morgan fingerprint density at radius 2 is 1.92 bits per heavy atom.